The van der Waals surface area contributed by atoms with E-state index in [2.05, 4.69) is 15.5 Å². The minimum Gasteiger partial charge on any atom is -0.392 e. The Morgan fingerprint density at radius 3 is 2.43 bits per heavy atom. The standard InChI is InChI=1S/C33H47N3O6/c1-24(38)34-17-5-3-4-8-32(39)35-20-25-9-15-28(16-10-25)33-41-30(21-36-18-6-7-29(36)23-40-2)19-31(42-33)27-13-11-26(22-37)12-14-27/h9-16,29-31,33,37H,3-8,17-23H2,1-2H3,(H,34,38)(H,35,39). The number of methoxy groups -OCH3 is 1. The fourth-order valence-electron chi connectivity index (χ4n) is 5.74. The summed E-state index contributed by atoms with van der Waals surface area (Å²) in [6.07, 6.45) is 5.50. The van der Waals surface area contributed by atoms with Crippen molar-refractivity contribution in [2.45, 2.75) is 89.6 Å². The molecule has 2 aliphatic heterocycles. The van der Waals surface area contributed by atoms with Gasteiger partial charge in [0.2, 0.25) is 11.8 Å². The van der Waals surface area contributed by atoms with Gasteiger partial charge in [-0.1, -0.05) is 55.0 Å². The second-order valence-electron chi connectivity index (χ2n) is 11.4. The first-order chi connectivity index (χ1) is 20.4. The van der Waals surface area contributed by atoms with Gasteiger partial charge in [0.1, 0.15) is 0 Å². The first-order valence-corrected chi connectivity index (χ1v) is 15.3. The first-order valence-electron chi connectivity index (χ1n) is 15.3. The number of nitrogens with one attached hydrogen (secondary N) is 2. The Morgan fingerprint density at radius 2 is 1.71 bits per heavy atom. The molecule has 0 saturated carbocycles. The number of carbonyl (C=O) groups excluding carboxylic acids is 2. The van der Waals surface area contributed by atoms with Crippen LogP contribution in [-0.2, 0) is 37.0 Å². The molecule has 42 heavy (non-hydrogen) atoms. The van der Waals surface area contributed by atoms with Crippen LogP contribution >= 0.6 is 0 Å². The third-order valence-corrected chi connectivity index (χ3v) is 8.11. The van der Waals surface area contributed by atoms with E-state index in [0.29, 0.717) is 25.6 Å². The summed E-state index contributed by atoms with van der Waals surface area (Å²) in [5.74, 6) is 0.0100. The van der Waals surface area contributed by atoms with E-state index in [1.54, 1.807) is 7.11 Å². The zero-order valence-electron chi connectivity index (χ0n) is 25.1. The molecule has 0 bridgehead atoms. The zero-order chi connectivity index (χ0) is 29.7. The van der Waals surface area contributed by atoms with E-state index in [1.807, 2.05) is 48.5 Å². The molecule has 2 fully saturated rings. The van der Waals surface area contributed by atoms with Gasteiger partial charge < -0.3 is 30.0 Å². The van der Waals surface area contributed by atoms with Crippen molar-refractivity contribution in [2.75, 3.05) is 33.4 Å². The lowest BCUT2D eigenvalue weighted by atomic mass is 9.99. The maximum Gasteiger partial charge on any atom is 0.220 e. The Bertz CT molecular complexity index is 1110. The average molecular weight is 582 g/mol. The number of benzene rings is 2. The fraction of sp³-hybridized carbons (Fsp3) is 0.576. The molecule has 0 spiro atoms. The Kier molecular flexibility index (Phi) is 12.8. The highest BCUT2D eigenvalue weighted by Crippen LogP contribution is 2.38. The molecule has 0 radical (unpaired) electrons. The molecule has 2 aromatic rings. The summed E-state index contributed by atoms with van der Waals surface area (Å²) >= 11 is 0. The molecule has 2 saturated heterocycles. The van der Waals surface area contributed by atoms with Crippen LogP contribution < -0.4 is 10.6 Å². The third-order valence-electron chi connectivity index (χ3n) is 8.11. The summed E-state index contributed by atoms with van der Waals surface area (Å²) in [4.78, 5) is 25.7. The molecule has 3 N–H and O–H groups in total. The number of hydrogen-bond donors (Lipinski definition) is 3. The van der Waals surface area contributed by atoms with Crippen LogP contribution in [0.15, 0.2) is 48.5 Å². The van der Waals surface area contributed by atoms with Crippen molar-refractivity contribution in [3.63, 3.8) is 0 Å². The summed E-state index contributed by atoms with van der Waals surface area (Å²) < 4.78 is 18.5. The smallest absolute Gasteiger partial charge is 0.220 e. The number of carbonyl (C=O) groups is 2. The van der Waals surface area contributed by atoms with Gasteiger partial charge in [0.05, 0.1) is 25.4 Å². The minimum atomic E-state index is -0.504. The van der Waals surface area contributed by atoms with E-state index in [1.165, 1.54) is 13.3 Å². The Labute approximate surface area is 249 Å². The lowest BCUT2D eigenvalue weighted by Crippen LogP contribution is -2.42. The molecule has 2 heterocycles. The van der Waals surface area contributed by atoms with Crippen LogP contribution in [0.1, 0.15) is 86.5 Å². The van der Waals surface area contributed by atoms with Gasteiger partial charge in [-0.05, 0) is 48.9 Å². The predicted octanol–water partition coefficient (Wildman–Crippen LogP) is 4.15. The largest absolute Gasteiger partial charge is 0.392 e. The van der Waals surface area contributed by atoms with E-state index in [9.17, 15) is 14.7 Å². The Morgan fingerprint density at radius 1 is 0.976 bits per heavy atom. The fourth-order valence-corrected chi connectivity index (χ4v) is 5.74. The molecular weight excluding hydrogens is 534 g/mol. The van der Waals surface area contributed by atoms with Gasteiger partial charge in [0.15, 0.2) is 6.29 Å². The monoisotopic (exact) mass is 581 g/mol. The molecule has 0 aliphatic carbocycles. The highest BCUT2D eigenvalue weighted by Gasteiger charge is 2.35. The van der Waals surface area contributed by atoms with Gasteiger partial charge in [-0.2, -0.15) is 0 Å². The second-order valence-corrected chi connectivity index (χ2v) is 11.4. The molecule has 2 amide bonds. The van der Waals surface area contributed by atoms with E-state index >= 15 is 0 Å². The van der Waals surface area contributed by atoms with Gasteiger partial charge in [0.25, 0.3) is 0 Å². The van der Waals surface area contributed by atoms with Crippen LogP contribution in [0.2, 0.25) is 0 Å². The second kappa shape index (κ2) is 16.7. The van der Waals surface area contributed by atoms with Crippen molar-refractivity contribution in [1.29, 1.82) is 0 Å². The van der Waals surface area contributed by atoms with Crippen molar-refractivity contribution in [1.82, 2.24) is 15.5 Å². The van der Waals surface area contributed by atoms with Crippen molar-refractivity contribution >= 4 is 11.8 Å². The highest BCUT2D eigenvalue weighted by atomic mass is 16.7. The van der Waals surface area contributed by atoms with E-state index in [0.717, 1.165) is 74.1 Å². The van der Waals surface area contributed by atoms with Gasteiger partial charge in [0, 0.05) is 58.1 Å². The van der Waals surface area contributed by atoms with Crippen molar-refractivity contribution in [3.8, 4) is 0 Å². The number of hydrogen-bond acceptors (Lipinski definition) is 7. The molecule has 2 aliphatic rings. The first kappa shape index (κ1) is 32.1. The predicted molar refractivity (Wildman–Crippen MR) is 160 cm³/mol. The van der Waals surface area contributed by atoms with Gasteiger partial charge in [-0.3, -0.25) is 14.5 Å². The van der Waals surface area contributed by atoms with Crippen LogP contribution in [0.3, 0.4) is 0 Å². The quantitative estimate of drug-likeness (QED) is 0.271. The SMILES string of the molecule is COCC1CCCN1CC1CC(c2ccc(CO)cc2)OC(c2ccc(CNC(=O)CCCCCNC(C)=O)cc2)O1. The molecule has 9 nitrogen and oxygen atoms in total. The third kappa shape index (κ3) is 9.88. The molecule has 4 unspecified atom stereocenters. The number of aliphatic hydroxyl groups excluding tert-OH is 1. The summed E-state index contributed by atoms with van der Waals surface area (Å²) in [6, 6.07) is 16.4. The molecular formula is C33H47N3O6. The number of aliphatic hydroxyl groups is 1. The number of rotatable bonds is 15. The number of ether oxygens (including phenoxy) is 3. The van der Waals surface area contributed by atoms with E-state index in [4.69, 9.17) is 14.2 Å². The summed E-state index contributed by atoms with van der Waals surface area (Å²) in [7, 11) is 1.76. The van der Waals surface area contributed by atoms with Gasteiger partial charge in [-0.15, -0.1) is 0 Å². The number of amides is 2. The molecule has 230 valence electrons. The molecule has 2 aromatic carbocycles. The Hall–Kier alpha value is -2.82. The molecule has 0 aromatic heterocycles. The average Bonchev–Trinajstić information content (AvgIpc) is 3.44. The van der Waals surface area contributed by atoms with Crippen LogP contribution in [0.5, 0.6) is 0 Å². The lowest BCUT2D eigenvalue weighted by molar-refractivity contribution is -0.253. The van der Waals surface area contributed by atoms with Crippen LogP contribution in [-0.4, -0.2) is 67.3 Å². The summed E-state index contributed by atoms with van der Waals surface area (Å²) in [5, 5.41) is 15.2. The molecule has 4 atom stereocenters. The van der Waals surface area contributed by atoms with Crippen molar-refractivity contribution in [2.24, 2.45) is 0 Å². The van der Waals surface area contributed by atoms with Crippen LogP contribution in [0.25, 0.3) is 0 Å². The molecule has 9 heteroatoms. The van der Waals surface area contributed by atoms with Gasteiger partial charge >= 0.3 is 0 Å². The normalized spacial score (nSPS) is 22.6. The van der Waals surface area contributed by atoms with E-state index in [-0.39, 0.29) is 30.6 Å². The molecule has 4 rings (SSSR count). The maximum absolute atomic E-state index is 12.3. The topological polar surface area (TPSA) is 109 Å². The Balaban J connectivity index is 1.33. The number of unbranched alkanes of at least 4 members (excludes halogenated alkanes) is 2. The highest BCUT2D eigenvalue weighted by molar-refractivity contribution is 5.75. The maximum atomic E-state index is 12.3. The van der Waals surface area contributed by atoms with Crippen molar-refractivity contribution < 1.29 is 28.9 Å². The number of nitrogens with zero attached hydrogens (tertiary/aromatic N) is 1. The van der Waals surface area contributed by atoms with Gasteiger partial charge in [-0.25, -0.2) is 0 Å². The summed E-state index contributed by atoms with van der Waals surface area (Å²) in [6.45, 7) is 5.26. The lowest BCUT2D eigenvalue weighted by Gasteiger charge is -2.38. The summed E-state index contributed by atoms with van der Waals surface area (Å²) in [5.41, 5.74) is 3.92. The van der Waals surface area contributed by atoms with E-state index < -0.39 is 6.29 Å². The zero-order valence-corrected chi connectivity index (χ0v) is 25.1. The number of likely N-dealkylation sites (tertiary alicyclic amines) is 1. The van der Waals surface area contributed by atoms with Crippen LogP contribution in [0.4, 0.5) is 0 Å². The van der Waals surface area contributed by atoms with Crippen molar-refractivity contribution in [3.05, 3.63) is 70.8 Å². The van der Waals surface area contributed by atoms with Crippen LogP contribution in [0, 0.1) is 0 Å². The minimum absolute atomic E-state index is 0.000862.